The van der Waals surface area contributed by atoms with Crippen LogP contribution in [0.1, 0.15) is 91.4 Å². The van der Waals surface area contributed by atoms with Crippen LogP contribution in [0.2, 0.25) is 0 Å². The Hall–Kier alpha value is -4.52. The Labute approximate surface area is 293 Å². The van der Waals surface area contributed by atoms with Gasteiger partial charge in [-0.05, 0) is 135 Å². The largest absolute Gasteiger partial charge is 0.508 e. The van der Waals surface area contributed by atoms with E-state index in [1.165, 1.54) is 38.5 Å². The van der Waals surface area contributed by atoms with Gasteiger partial charge in [0, 0.05) is 38.2 Å². The molecule has 0 spiro atoms. The van der Waals surface area contributed by atoms with Crippen LogP contribution < -0.4 is 27.4 Å². The van der Waals surface area contributed by atoms with E-state index in [4.69, 9.17) is 26.4 Å². The lowest BCUT2D eigenvalue weighted by molar-refractivity contribution is -0.130. The molecule has 13 nitrogen and oxygen atoms in total. The van der Waals surface area contributed by atoms with Gasteiger partial charge in [-0.15, -0.1) is 0 Å². The molecule has 2 amide bonds. The van der Waals surface area contributed by atoms with Crippen molar-refractivity contribution in [2.24, 2.45) is 34.6 Å². The van der Waals surface area contributed by atoms with Gasteiger partial charge in [0.2, 0.25) is 17.7 Å². The first-order valence-electron chi connectivity index (χ1n) is 17.9. The number of nitrogens with one attached hydrogen (secondary N) is 4. The number of benzene rings is 1. The van der Waals surface area contributed by atoms with Gasteiger partial charge in [-0.3, -0.25) is 20.0 Å². The molecular weight excluding hydrogens is 634 g/mol. The van der Waals surface area contributed by atoms with Crippen LogP contribution in [-0.2, 0) is 28.9 Å². The zero-order valence-corrected chi connectivity index (χ0v) is 29.1. The minimum Gasteiger partial charge on any atom is -0.508 e. The van der Waals surface area contributed by atoms with Crippen LogP contribution in [-0.4, -0.2) is 56.6 Å². The van der Waals surface area contributed by atoms with Gasteiger partial charge < -0.3 is 37.0 Å². The molecule has 13 heteroatoms. The number of carbonyl (C=O) groups excluding carboxylic acids is 2. The maximum Gasteiger partial charge on any atom is 0.249 e. The number of amides is 2. The van der Waals surface area contributed by atoms with Crippen LogP contribution in [0.15, 0.2) is 41.2 Å². The van der Waals surface area contributed by atoms with E-state index in [1.54, 1.807) is 24.5 Å². The highest BCUT2D eigenvalue weighted by Gasteiger charge is 2.51. The van der Waals surface area contributed by atoms with Crippen LogP contribution in [0.3, 0.4) is 0 Å². The van der Waals surface area contributed by atoms with E-state index in [9.17, 15) is 14.7 Å². The summed E-state index contributed by atoms with van der Waals surface area (Å²) in [6.07, 6.45) is 13.4. The zero-order chi connectivity index (χ0) is 35.4. The predicted molar refractivity (Wildman–Crippen MR) is 188 cm³/mol. The second-order valence-corrected chi connectivity index (χ2v) is 15.2. The highest BCUT2D eigenvalue weighted by Crippen LogP contribution is 2.60. The van der Waals surface area contributed by atoms with Crippen LogP contribution >= 0.6 is 0 Å². The Balaban J connectivity index is 1.21. The molecule has 1 aromatic carbocycles. The lowest BCUT2D eigenvalue weighted by Gasteiger charge is -2.56. The Kier molecular flexibility index (Phi) is 10.7. The molecule has 4 aliphatic rings. The van der Waals surface area contributed by atoms with Crippen molar-refractivity contribution in [2.45, 2.75) is 103 Å². The number of pyridine rings is 1. The van der Waals surface area contributed by atoms with E-state index in [2.05, 4.69) is 26.1 Å². The van der Waals surface area contributed by atoms with Crippen molar-refractivity contribution in [1.82, 2.24) is 31.1 Å². The number of hydrogen-bond acceptors (Lipinski definition) is 9. The molecule has 0 saturated heterocycles. The Morgan fingerprint density at radius 3 is 2.28 bits per heavy atom. The third-order valence-corrected chi connectivity index (χ3v) is 11.1. The molecule has 2 heterocycles. The standard InChI is InChI=1S/C37H51N9O4/c1-21-10-27(47)11-22(2)28(21)16-30(43-33(48)29(38)4-3-7-42-36(39)40)34(49)44-31(15-23-5-8-41-9-6-23)35-45-32(46-50-35)20-37-17-24-12-25(18-37)14-26(13-24)19-37/h5-6,8-11,24-26,29-31,47H,3-4,7,12-20,38H2,1-2H3,(H,43,48)(H,44,49)(H4,39,40,42). The molecule has 7 rings (SSSR count). The zero-order valence-electron chi connectivity index (χ0n) is 29.1. The van der Waals surface area contributed by atoms with E-state index in [-0.39, 0.29) is 23.5 Å². The first kappa shape index (κ1) is 35.3. The summed E-state index contributed by atoms with van der Waals surface area (Å²) in [5.74, 6) is 2.53. The fourth-order valence-electron chi connectivity index (χ4n) is 9.21. The second-order valence-electron chi connectivity index (χ2n) is 15.2. The van der Waals surface area contributed by atoms with Crippen LogP contribution in [0.4, 0.5) is 0 Å². The van der Waals surface area contributed by atoms with Gasteiger partial charge in [0.1, 0.15) is 17.8 Å². The van der Waals surface area contributed by atoms with Crippen molar-refractivity contribution in [3.8, 4) is 5.75 Å². The smallest absolute Gasteiger partial charge is 0.249 e. The summed E-state index contributed by atoms with van der Waals surface area (Å²) in [6.45, 7) is 4.13. The van der Waals surface area contributed by atoms with Crippen molar-refractivity contribution in [1.29, 1.82) is 5.41 Å². The number of carbonyl (C=O) groups is 2. The maximum absolute atomic E-state index is 14.2. The molecule has 3 atom stereocenters. The third-order valence-electron chi connectivity index (χ3n) is 11.1. The minimum absolute atomic E-state index is 0.133. The number of rotatable bonds is 15. The lowest BCUT2D eigenvalue weighted by atomic mass is 9.49. The summed E-state index contributed by atoms with van der Waals surface area (Å²) < 4.78 is 5.90. The van der Waals surface area contributed by atoms with Crippen molar-refractivity contribution in [2.75, 3.05) is 6.54 Å². The summed E-state index contributed by atoms with van der Waals surface area (Å²) in [5.41, 5.74) is 15.2. The van der Waals surface area contributed by atoms with Gasteiger partial charge in [-0.2, -0.15) is 4.98 Å². The number of hydrogen-bond donors (Lipinski definition) is 7. The molecule has 0 aliphatic heterocycles. The Bertz CT molecular complexity index is 1620. The van der Waals surface area contributed by atoms with Crippen LogP contribution in [0.5, 0.6) is 5.75 Å². The van der Waals surface area contributed by atoms with Gasteiger partial charge in [0.05, 0.1) is 6.04 Å². The summed E-state index contributed by atoms with van der Waals surface area (Å²) in [7, 11) is 0. The van der Waals surface area contributed by atoms with E-state index >= 15 is 0 Å². The number of nitrogens with zero attached hydrogens (tertiary/aromatic N) is 3. The van der Waals surface area contributed by atoms with Crippen molar-refractivity contribution < 1.29 is 19.2 Å². The fourth-order valence-corrected chi connectivity index (χ4v) is 9.21. The summed E-state index contributed by atoms with van der Waals surface area (Å²) in [6, 6.07) is 4.53. The third kappa shape index (κ3) is 8.61. The molecule has 0 radical (unpaired) electrons. The normalized spacial score (nSPS) is 23.9. The quantitative estimate of drug-likeness (QED) is 0.0703. The summed E-state index contributed by atoms with van der Waals surface area (Å²) in [4.78, 5) is 36.6. The number of aromatic hydroxyl groups is 1. The SMILES string of the molecule is Cc1cc(O)cc(C)c1CC(NC(=O)C(N)CCCNC(=N)N)C(=O)NC(Cc1ccncc1)c1nc(CC23CC4CC(CC(C4)C2)C3)no1. The van der Waals surface area contributed by atoms with Crippen molar-refractivity contribution in [3.63, 3.8) is 0 Å². The number of aromatic nitrogens is 3. The minimum atomic E-state index is -0.986. The molecular formula is C37H51N9O4. The molecule has 50 heavy (non-hydrogen) atoms. The van der Waals surface area contributed by atoms with Crippen LogP contribution in [0, 0.1) is 42.4 Å². The van der Waals surface area contributed by atoms with Gasteiger partial charge in [-0.1, -0.05) is 5.16 Å². The molecule has 9 N–H and O–H groups in total. The van der Waals surface area contributed by atoms with E-state index in [0.29, 0.717) is 37.5 Å². The fraction of sp³-hybridized carbons (Fsp3) is 0.568. The highest BCUT2D eigenvalue weighted by atomic mass is 16.5. The van der Waals surface area contributed by atoms with E-state index < -0.39 is 29.9 Å². The lowest BCUT2D eigenvalue weighted by Crippen LogP contribution is -2.53. The first-order valence-corrected chi connectivity index (χ1v) is 17.9. The van der Waals surface area contributed by atoms with Crippen LogP contribution in [0.25, 0.3) is 0 Å². The summed E-state index contributed by atoms with van der Waals surface area (Å²) >= 11 is 0. The average molecular weight is 686 g/mol. The molecule has 3 aromatic rings. The monoisotopic (exact) mass is 685 g/mol. The predicted octanol–water partition coefficient (Wildman–Crippen LogP) is 3.26. The van der Waals surface area contributed by atoms with Gasteiger partial charge in [0.25, 0.3) is 0 Å². The molecule has 3 unspecified atom stereocenters. The number of phenols is 1. The topological polar surface area (TPSA) is 218 Å². The Morgan fingerprint density at radius 2 is 1.66 bits per heavy atom. The van der Waals surface area contributed by atoms with Gasteiger partial charge >= 0.3 is 0 Å². The number of phenolic OH excluding ortho intramolecular Hbond substituents is 1. The second kappa shape index (κ2) is 15.2. The molecule has 268 valence electrons. The molecule has 4 bridgehead atoms. The number of guanidine groups is 1. The van der Waals surface area contributed by atoms with Gasteiger partial charge in [-0.25, -0.2) is 0 Å². The highest BCUT2D eigenvalue weighted by molar-refractivity contribution is 5.90. The molecule has 4 fully saturated rings. The van der Waals surface area contributed by atoms with Gasteiger partial charge in [0.15, 0.2) is 11.8 Å². The Morgan fingerprint density at radius 1 is 1.02 bits per heavy atom. The van der Waals surface area contributed by atoms with E-state index in [1.807, 2.05) is 26.0 Å². The van der Waals surface area contributed by atoms with Crippen molar-refractivity contribution in [3.05, 3.63) is 70.6 Å². The molecule has 4 saturated carbocycles. The summed E-state index contributed by atoms with van der Waals surface area (Å²) in [5, 5.41) is 30.6. The molecule has 4 aliphatic carbocycles. The number of nitrogens with two attached hydrogens (primary N) is 2. The molecule has 2 aromatic heterocycles. The van der Waals surface area contributed by atoms with E-state index in [0.717, 1.165) is 46.4 Å². The van der Waals surface area contributed by atoms with Crippen molar-refractivity contribution >= 4 is 17.8 Å². The average Bonchev–Trinajstić information content (AvgIpc) is 3.51. The first-order chi connectivity index (χ1) is 23.9. The maximum atomic E-state index is 14.2. The number of aryl methyl sites for hydroxylation is 2.